The van der Waals surface area contributed by atoms with E-state index in [0.717, 1.165) is 20.5 Å². The summed E-state index contributed by atoms with van der Waals surface area (Å²) in [5.74, 6) is -0.0844. The van der Waals surface area contributed by atoms with E-state index in [1.807, 2.05) is 42.0 Å². The third-order valence-corrected chi connectivity index (χ3v) is 6.02. The highest BCUT2D eigenvalue weighted by atomic mass is 32.1. The summed E-state index contributed by atoms with van der Waals surface area (Å²) in [6.45, 7) is 2.50. The number of carbonyl (C=O) groups excluding carboxylic acids is 1. The number of nitrogens with zero attached hydrogens (tertiary/aromatic N) is 1. The maximum atomic E-state index is 11.9. The van der Waals surface area contributed by atoms with Gasteiger partial charge in [0.25, 0.3) is 0 Å². The molecule has 112 valence electrons. The van der Waals surface area contributed by atoms with Gasteiger partial charge in [-0.15, -0.1) is 34.0 Å². The predicted octanol–water partition coefficient (Wildman–Crippen LogP) is 4.57. The average Bonchev–Trinajstić information content (AvgIpc) is 3.24. The molecule has 3 aromatic rings. The van der Waals surface area contributed by atoms with Crippen molar-refractivity contribution >= 4 is 46.0 Å². The van der Waals surface area contributed by atoms with Crippen LogP contribution in [0.15, 0.2) is 41.1 Å². The quantitative estimate of drug-likeness (QED) is 0.688. The van der Waals surface area contributed by atoms with Gasteiger partial charge in [0.1, 0.15) is 5.01 Å². The van der Waals surface area contributed by atoms with E-state index in [4.69, 9.17) is 0 Å². The SMILES string of the molecule is Cc1nc(-c2cccs2)sc1CNC(=O)/C=C/c1cccs1. The van der Waals surface area contributed by atoms with Gasteiger partial charge in [-0.05, 0) is 35.9 Å². The molecule has 0 aliphatic carbocycles. The van der Waals surface area contributed by atoms with Crippen LogP contribution in [0, 0.1) is 6.92 Å². The number of rotatable bonds is 5. The minimum atomic E-state index is -0.0844. The Morgan fingerprint density at radius 2 is 2.09 bits per heavy atom. The number of thiophene rings is 2. The van der Waals surface area contributed by atoms with Crippen LogP contribution in [-0.4, -0.2) is 10.9 Å². The molecule has 3 aromatic heterocycles. The van der Waals surface area contributed by atoms with E-state index < -0.39 is 0 Å². The molecule has 0 radical (unpaired) electrons. The molecule has 0 aliphatic heterocycles. The van der Waals surface area contributed by atoms with Crippen LogP contribution >= 0.6 is 34.0 Å². The Morgan fingerprint density at radius 1 is 1.27 bits per heavy atom. The molecule has 0 saturated carbocycles. The summed E-state index contributed by atoms with van der Waals surface area (Å²) in [5.41, 5.74) is 0.982. The lowest BCUT2D eigenvalue weighted by Crippen LogP contribution is -2.19. The topological polar surface area (TPSA) is 42.0 Å². The summed E-state index contributed by atoms with van der Waals surface area (Å²) in [7, 11) is 0. The van der Waals surface area contributed by atoms with Gasteiger partial charge in [-0.2, -0.15) is 0 Å². The summed E-state index contributed by atoms with van der Waals surface area (Å²) >= 11 is 4.93. The molecule has 6 heteroatoms. The van der Waals surface area contributed by atoms with Gasteiger partial charge in [-0.25, -0.2) is 4.98 Å². The number of aryl methyl sites for hydroxylation is 1. The minimum Gasteiger partial charge on any atom is -0.348 e. The lowest BCUT2D eigenvalue weighted by molar-refractivity contribution is -0.116. The fourth-order valence-corrected chi connectivity index (χ4v) is 4.28. The van der Waals surface area contributed by atoms with Crippen LogP contribution in [0.4, 0.5) is 0 Å². The van der Waals surface area contributed by atoms with Crippen molar-refractivity contribution in [1.29, 1.82) is 0 Å². The first-order valence-corrected chi connectivity index (χ1v) is 9.29. The Kier molecular flexibility index (Phi) is 4.82. The fourth-order valence-electron chi connectivity index (χ4n) is 1.87. The van der Waals surface area contributed by atoms with Crippen LogP contribution in [0.2, 0.25) is 0 Å². The highest BCUT2D eigenvalue weighted by molar-refractivity contribution is 7.21. The van der Waals surface area contributed by atoms with Gasteiger partial charge < -0.3 is 5.32 Å². The first-order chi connectivity index (χ1) is 10.7. The number of nitrogens with one attached hydrogen (secondary N) is 1. The van der Waals surface area contributed by atoms with E-state index in [2.05, 4.69) is 16.4 Å². The number of hydrogen-bond donors (Lipinski definition) is 1. The molecule has 22 heavy (non-hydrogen) atoms. The van der Waals surface area contributed by atoms with Gasteiger partial charge in [0.15, 0.2) is 0 Å². The van der Waals surface area contributed by atoms with E-state index in [0.29, 0.717) is 6.54 Å². The van der Waals surface area contributed by atoms with Crippen molar-refractivity contribution in [2.24, 2.45) is 0 Å². The zero-order valence-electron chi connectivity index (χ0n) is 11.9. The second-order valence-corrected chi connectivity index (χ2v) is 7.58. The van der Waals surface area contributed by atoms with Crippen molar-refractivity contribution < 1.29 is 4.79 Å². The van der Waals surface area contributed by atoms with E-state index in [1.54, 1.807) is 40.1 Å². The highest BCUT2D eigenvalue weighted by Gasteiger charge is 2.10. The average molecular weight is 347 g/mol. The normalized spacial score (nSPS) is 11.1. The van der Waals surface area contributed by atoms with Gasteiger partial charge in [-0.1, -0.05) is 12.1 Å². The Balaban J connectivity index is 1.61. The summed E-state index contributed by atoms with van der Waals surface area (Å²) in [5, 5.41) is 7.97. The predicted molar refractivity (Wildman–Crippen MR) is 95.4 cm³/mol. The van der Waals surface area contributed by atoms with Crippen LogP contribution in [-0.2, 0) is 11.3 Å². The number of amides is 1. The van der Waals surface area contributed by atoms with Crippen molar-refractivity contribution in [3.8, 4) is 9.88 Å². The van der Waals surface area contributed by atoms with Crippen molar-refractivity contribution in [1.82, 2.24) is 10.3 Å². The van der Waals surface area contributed by atoms with Crippen LogP contribution in [0.3, 0.4) is 0 Å². The molecule has 1 N–H and O–H groups in total. The molecule has 0 atom stereocenters. The molecular formula is C16H14N2OS3. The second-order valence-electron chi connectivity index (χ2n) is 4.57. The van der Waals surface area contributed by atoms with Gasteiger partial charge in [0, 0.05) is 15.8 Å². The number of thiazole rings is 1. The van der Waals surface area contributed by atoms with Gasteiger partial charge in [-0.3, -0.25) is 4.79 Å². The molecule has 0 aromatic carbocycles. The zero-order chi connectivity index (χ0) is 15.4. The van der Waals surface area contributed by atoms with E-state index in [1.165, 1.54) is 4.88 Å². The first-order valence-electron chi connectivity index (χ1n) is 6.72. The van der Waals surface area contributed by atoms with Crippen molar-refractivity contribution in [2.75, 3.05) is 0 Å². The molecule has 3 nitrogen and oxygen atoms in total. The third kappa shape index (κ3) is 3.71. The number of hydrogen-bond acceptors (Lipinski definition) is 5. The number of carbonyl (C=O) groups is 1. The molecular weight excluding hydrogens is 332 g/mol. The van der Waals surface area contributed by atoms with E-state index in [-0.39, 0.29) is 5.91 Å². The zero-order valence-corrected chi connectivity index (χ0v) is 14.4. The molecule has 1 amide bonds. The monoisotopic (exact) mass is 346 g/mol. The van der Waals surface area contributed by atoms with Gasteiger partial charge >= 0.3 is 0 Å². The Morgan fingerprint density at radius 3 is 2.82 bits per heavy atom. The number of aromatic nitrogens is 1. The standard InChI is InChI=1S/C16H14N2OS3/c1-11-14(22-16(18-11)13-5-3-9-21-13)10-17-15(19)7-6-12-4-2-8-20-12/h2-9H,10H2,1H3,(H,17,19)/b7-6+. The van der Waals surface area contributed by atoms with Gasteiger partial charge in [0.2, 0.25) is 5.91 Å². The minimum absolute atomic E-state index is 0.0844. The van der Waals surface area contributed by atoms with E-state index >= 15 is 0 Å². The third-order valence-electron chi connectivity index (χ3n) is 2.99. The second kappa shape index (κ2) is 7.00. The molecule has 3 heterocycles. The maximum Gasteiger partial charge on any atom is 0.244 e. The molecule has 0 aliphatic rings. The Labute approximate surface area is 141 Å². The Bertz CT molecular complexity index is 771. The molecule has 0 spiro atoms. The Hall–Kier alpha value is -1.76. The lowest BCUT2D eigenvalue weighted by Gasteiger charge is -1.99. The fraction of sp³-hybridized carbons (Fsp3) is 0.125. The lowest BCUT2D eigenvalue weighted by atomic mass is 10.3. The van der Waals surface area contributed by atoms with Crippen LogP contribution in [0.1, 0.15) is 15.4 Å². The van der Waals surface area contributed by atoms with Crippen LogP contribution in [0.5, 0.6) is 0 Å². The summed E-state index contributed by atoms with van der Waals surface area (Å²) in [6.07, 6.45) is 3.40. The van der Waals surface area contributed by atoms with Gasteiger partial charge in [0.05, 0.1) is 17.1 Å². The van der Waals surface area contributed by atoms with E-state index in [9.17, 15) is 4.79 Å². The van der Waals surface area contributed by atoms with Crippen LogP contribution in [0.25, 0.3) is 16.0 Å². The molecule has 0 saturated heterocycles. The highest BCUT2D eigenvalue weighted by Crippen LogP contribution is 2.30. The van der Waals surface area contributed by atoms with Crippen molar-refractivity contribution in [3.05, 3.63) is 56.5 Å². The van der Waals surface area contributed by atoms with Crippen molar-refractivity contribution in [3.63, 3.8) is 0 Å². The molecule has 0 bridgehead atoms. The summed E-state index contributed by atoms with van der Waals surface area (Å²) < 4.78 is 0. The summed E-state index contributed by atoms with van der Waals surface area (Å²) in [4.78, 5) is 19.8. The largest absolute Gasteiger partial charge is 0.348 e. The molecule has 0 fully saturated rings. The maximum absolute atomic E-state index is 11.9. The van der Waals surface area contributed by atoms with Crippen LogP contribution < -0.4 is 5.32 Å². The molecule has 3 rings (SSSR count). The molecule has 0 unspecified atom stereocenters. The van der Waals surface area contributed by atoms with Crippen molar-refractivity contribution in [2.45, 2.75) is 13.5 Å². The summed E-state index contributed by atoms with van der Waals surface area (Å²) in [6, 6.07) is 8.03. The first kappa shape index (κ1) is 15.1. The smallest absolute Gasteiger partial charge is 0.244 e.